The Kier molecular flexibility index (Phi) is 12.5. The number of methoxy groups -OCH3 is 1. The van der Waals surface area contributed by atoms with Gasteiger partial charge >= 0.3 is 5.97 Å². The van der Waals surface area contributed by atoms with Crippen LogP contribution >= 0.6 is 0 Å². The van der Waals surface area contributed by atoms with Gasteiger partial charge in [0.1, 0.15) is 0 Å². The highest BCUT2D eigenvalue weighted by atomic mass is 79.9. The lowest BCUT2D eigenvalue weighted by Gasteiger charge is -2.28. The zero-order valence-corrected chi connectivity index (χ0v) is 13.4. The Bertz CT molecular complexity index is 196. The van der Waals surface area contributed by atoms with Gasteiger partial charge in [0.2, 0.25) is 0 Å². The molecule has 0 aliphatic heterocycles. The van der Waals surface area contributed by atoms with Gasteiger partial charge in [0.25, 0.3) is 0 Å². The summed E-state index contributed by atoms with van der Waals surface area (Å²) in [5.41, 5.74) is 0. The van der Waals surface area contributed by atoms with Crippen LogP contribution in [0.5, 0.6) is 0 Å². The first-order valence-corrected chi connectivity index (χ1v) is 6.40. The summed E-state index contributed by atoms with van der Waals surface area (Å²) in [4.78, 5) is 11.2. The van der Waals surface area contributed by atoms with Crippen LogP contribution in [0.3, 0.4) is 0 Å². The molecule has 0 N–H and O–H groups in total. The van der Waals surface area contributed by atoms with E-state index in [-0.39, 0.29) is 23.0 Å². The lowest BCUT2D eigenvalue weighted by molar-refractivity contribution is -0.883. The van der Waals surface area contributed by atoms with E-state index >= 15 is 0 Å². The summed E-state index contributed by atoms with van der Waals surface area (Å²) in [5, 5.41) is 0. The van der Waals surface area contributed by atoms with Crippen LogP contribution in [0.4, 0.5) is 0 Å². The molecule has 0 radical (unpaired) electrons. The third-order valence-electron chi connectivity index (χ3n) is 2.90. The zero-order chi connectivity index (χ0) is 12.4. The third kappa shape index (κ3) is 12.2. The van der Waals surface area contributed by atoms with Crippen molar-refractivity contribution in [1.82, 2.24) is 0 Å². The van der Waals surface area contributed by atoms with Crippen LogP contribution < -0.4 is 17.0 Å². The highest BCUT2D eigenvalue weighted by molar-refractivity contribution is 5.70. The van der Waals surface area contributed by atoms with Crippen molar-refractivity contribution < 1.29 is 31.0 Å². The average Bonchev–Trinajstić information content (AvgIpc) is 2.22. The lowest BCUT2D eigenvalue weighted by Crippen LogP contribution is -3.00. The molecule has 0 aromatic carbocycles. The van der Waals surface area contributed by atoms with E-state index in [9.17, 15) is 4.79 Å². The van der Waals surface area contributed by atoms with Crippen molar-refractivity contribution in [2.45, 2.75) is 45.4 Å². The molecule has 0 fully saturated rings. The fourth-order valence-electron chi connectivity index (χ4n) is 1.81. The van der Waals surface area contributed by atoms with Crippen molar-refractivity contribution in [2.75, 3.05) is 34.3 Å². The second kappa shape index (κ2) is 11.0. The smallest absolute Gasteiger partial charge is 0.361 e. The number of halogens is 1. The summed E-state index contributed by atoms with van der Waals surface area (Å²) >= 11 is 0. The minimum absolute atomic E-state index is 0. The van der Waals surface area contributed by atoms with Gasteiger partial charge in [-0.25, -0.2) is 4.79 Å². The van der Waals surface area contributed by atoms with E-state index in [0.717, 1.165) is 11.0 Å². The molecular formula is C13H28BrNO2. The number of unbranched alkanes of at least 4 members (excludes halogenated alkanes) is 5. The summed E-state index contributed by atoms with van der Waals surface area (Å²) in [6.07, 6.45) is 7.80. The molecule has 0 heterocycles. The fourth-order valence-corrected chi connectivity index (χ4v) is 1.81. The normalized spacial score (nSPS) is 10.8. The Morgan fingerprint density at radius 3 is 2.12 bits per heavy atom. The molecular weight excluding hydrogens is 282 g/mol. The Hall–Kier alpha value is -0.0900. The van der Waals surface area contributed by atoms with Crippen LogP contribution in [0.25, 0.3) is 0 Å². The van der Waals surface area contributed by atoms with E-state index < -0.39 is 0 Å². The summed E-state index contributed by atoms with van der Waals surface area (Å²) in [7, 11) is 5.62. The minimum atomic E-state index is -0.115. The summed E-state index contributed by atoms with van der Waals surface area (Å²) in [6.45, 7) is 3.77. The standard InChI is InChI=1S/C13H28NO2.BrH/c1-5-6-7-8-9-10-11-14(2,3)12-13(15)16-4;/h5-12H2,1-4H3;1H/q+1;/p-1. The van der Waals surface area contributed by atoms with Crippen LogP contribution in [0, 0.1) is 0 Å². The van der Waals surface area contributed by atoms with Crippen molar-refractivity contribution in [3.8, 4) is 0 Å². The van der Waals surface area contributed by atoms with E-state index in [2.05, 4.69) is 21.0 Å². The van der Waals surface area contributed by atoms with E-state index in [1.54, 1.807) is 0 Å². The monoisotopic (exact) mass is 309 g/mol. The average molecular weight is 310 g/mol. The van der Waals surface area contributed by atoms with Crippen LogP contribution in [0.2, 0.25) is 0 Å². The molecule has 4 heteroatoms. The van der Waals surface area contributed by atoms with Gasteiger partial charge in [0.15, 0.2) is 6.54 Å². The molecule has 0 spiro atoms. The zero-order valence-electron chi connectivity index (χ0n) is 11.8. The summed E-state index contributed by atoms with van der Waals surface area (Å²) < 4.78 is 5.43. The molecule has 0 aromatic heterocycles. The molecule has 0 atom stereocenters. The largest absolute Gasteiger partial charge is 1.00 e. The quantitative estimate of drug-likeness (QED) is 0.329. The van der Waals surface area contributed by atoms with Crippen LogP contribution in [0.15, 0.2) is 0 Å². The summed E-state index contributed by atoms with van der Waals surface area (Å²) in [6, 6.07) is 0. The minimum Gasteiger partial charge on any atom is -1.00 e. The maximum atomic E-state index is 11.2. The second-order valence-electron chi connectivity index (χ2n) is 5.16. The number of likely N-dealkylation sites (N-methyl/N-ethyl adjacent to an activating group) is 1. The van der Waals surface area contributed by atoms with E-state index in [1.807, 2.05) is 0 Å². The highest BCUT2D eigenvalue weighted by Gasteiger charge is 2.19. The van der Waals surface area contributed by atoms with Crippen LogP contribution in [-0.4, -0.2) is 44.7 Å². The second-order valence-corrected chi connectivity index (χ2v) is 5.16. The first-order valence-electron chi connectivity index (χ1n) is 6.40. The number of carbonyl (C=O) groups excluding carboxylic acids is 1. The molecule has 0 aliphatic rings. The first kappa shape index (κ1) is 19.3. The number of nitrogens with zero attached hydrogens (tertiary/aromatic N) is 1. The molecule has 0 aliphatic carbocycles. The van der Waals surface area contributed by atoms with Crippen LogP contribution in [-0.2, 0) is 9.53 Å². The predicted molar refractivity (Wildman–Crippen MR) is 67.2 cm³/mol. The Labute approximate surface area is 117 Å². The third-order valence-corrected chi connectivity index (χ3v) is 2.90. The van der Waals surface area contributed by atoms with Gasteiger partial charge in [-0.3, -0.25) is 0 Å². The molecule has 0 amide bonds. The fraction of sp³-hybridized carbons (Fsp3) is 0.923. The lowest BCUT2D eigenvalue weighted by atomic mass is 10.1. The molecule has 104 valence electrons. The molecule has 0 unspecified atom stereocenters. The summed E-state index contributed by atoms with van der Waals surface area (Å²) in [5.74, 6) is -0.115. The van der Waals surface area contributed by atoms with Gasteiger partial charge in [0, 0.05) is 0 Å². The first-order chi connectivity index (χ1) is 7.52. The van der Waals surface area contributed by atoms with E-state index in [1.165, 1.54) is 45.6 Å². The van der Waals surface area contributed by atoms with Crippen LogP contribution in [0.1, 0.15) is 45.4 Å². The molecule has 17 heavy (non-hydrogen) atoms. The molecule has 0 bridgehead atoms. The number of esters is 1. The number of carbonyl (C=O) groups is 1. The molecule has 0 rings (SSSR count). The van der Waals surface area contributed by atoms with Crippen molar-refractivity contribution in [3.63, 3.8) is 0 Å². The molecule has 3 nitrogen and oxygen atoms in total. The van der Waals surface area contributed by atoms with E-state index in [4.69, 9.17) is 4.74 Å². The van der Waals surface area contributed by atoms with E-state index in [0.29, 0.717) is 6.54 Å². The highest BCUT2D eigenvalue weighted by Crippen LogP contribution is 2.08. The number of ether oxygens (including phenoxy) is 1. The predicted octanol–water partition coefficient (Wildman–Crippen LogP) is -0.400. The Balaban J connectivity index is 0. The van der Waals surface area contributed by atoms with Gasteiger partial charge < -0.3 is 26.2 Å². The topological polar surface area (TPSA) is 26.3 Å². The van der Waals surface area contributed by atoms with Gasteiger partial charge in [-0.1, -0.05) is 32.6 Å². The van der Waals surface area contributed by atoms with Crippen molar-refractivity contribution >= 4 is 5.97 Å². The van der Waals surface area contributed by atoms with Crippen molar-refractivity contribution in [1.29, 1.82) is 0 Å². The number of hydrogen-bond acceptors (Lipinski definition) is 2. The Morgan fingerprint density at radius 2 is 1.59 bits per heavy atom. The number of hydrogen-bond donors (Lipinski definition) is 0. The Morgan fingerprint density at radius 1 is 1.06 bits per heavy atom. The SMILES string of the molecule is CCCCCCCC[N+](C)(C)CC(=O)OC.[Br-]. The number of quaternary nitrogens is 1. The molecule has 0 saturated heterocycles. The van der Waals surface area contributed by atoms with Crippen molar-refractivity contribution in [2.24, 2.45) is 0 Å². The van der Waals surface area contributed by atoms with Gasteiger partial charge in [0.05, 0.1) is 27.7 Å². The molecule has 0 saturated carbocycles. The number of rotatable bonds is 9. The van der Waals surface area contributed by atoms with Gasteiger partial charge in [-0.2, -0.15) is 0 Å². The molecule has 0 aromatic rings. The van der Waals surface area contributed by atoms with Crippen molar-refractivity contribution in [3.05, 3.63) is 0 Å². The van der Waals surface area contributed by atoms with Gasteiger partial charge in [-0.15, -0.1) is 0 Å². The van der Waals surface area contributed by atoms with Gasteiger partial charge in [-0.05, 0) is 12.8 Å². The maximum absolute atomic E-state index is 11.2. The maximum Gasteiger partial charge on any atom is 0.361 e.